The van der Waals surface area contributed by atoms with E-state index in [1.54, 1.807) is 0 Å². The molecule has 1 aliphatic rings. The second-order valence-corrected chi connectivity index (χ2v) is 6.10. The standard InChI is InChI=1S/C19H22FN/c1-13-8-16(9-14(2)19(13)20)12-21-11-15-6-7-17-4-3-5-18(17)10-15/h6-10,21H,3-5,11-12H2,1-2H3. The summed E-state index contributed by atoms with van der Waals surface area (Å²) in [6.45, 7) is 5.29. The van der Waals surface area contributed by atoms with Gasteiger partial charge < -0.3 is 5.32 Å². The first-order valence-corrected chi connectivity index (χ1v) is 7.70. The van der Waals surface area contributed by atoms with E-state index in [0.29, 0.717) is 0 Å². The van der Waals surface area contributed by atoms with Gasteiger partial charge in [0.25, 0.3) is 0 Å². The van der Waals surface area contributed by atoms with E-state index in [1.807, 2.05) is 26.0 Å². The van der Waals surface area contributed by atoms with E-state index in [1.165, 1.54) is 36.0 Å². The van der Waals surface area contributed by atoms with Crippen molar-refractivity contribution in [1.82, 2.24) is 5.32 Å². The number of nitrogens with one attached hydrogen (secondary N) is 1. The van der Waals surface area contributed by atoms with Crippen molar-refractivity contribution in [1.29, 1.82) is 0 Å². The Bertz CT molecular complexity index is 638. The molecule has 0 aliphatic heterocycles. The van der Waals surface area contributed by atoms with Crippen molar-refractivity contribution in [2.45, 2.75) is 46.2 Å². The summed E-state index contributed by atoms with van der Waals surface area (Å²) in [5.41, 5.74) is 6.97. The maximum atomic E-state index is 13.6. The van der Waals surface area contributed by atoms with Gasteiger partial charge in [-0.1, -0.05) is 30.3 Å². The van der Waals surface area contributed by atoms with Crippen LogP contribution in [-0.4, -0.2) is 0 Å². The van der Waals surface area contributed by atoms with Gasteiger partial charge in [-0.15, -0.1) is 0 Å². The van der Waals surface area contributed by atoms with Crippen molar-refractivity contribution < 1.29 is 4.39 Å². The predicted octanol–water partition coefficient (Wildman–Crippen LogP) is 4.22. The molecule has 2 heteroatoms. The SMILES string of the molecule is Cc1cc(CNCc2ccc3c(c2)CCC3)cc(C)c1F. The Morgan fingerprint density at radius 2 is 1.57 bits per heavy atom. The van der Waals surface area contributed by atoms with Crippen LogP contribution < -0.4 is 5.32 Å². The van der Waals surface area contributed by atoms with Crippen LogP contribution in [0.25, 0.3) is 0 Å². The quantitative estimate of drug-likeness (QED) is 0.886. The molecule has 1 nitrogen and oxygen atoms in total. The van der Waals surface area contributed by atoms with Crippen LogP contribution >= 0.6 is 0 Å². The Kier molecular flexibility index (Phi) is 4.07. The Balaban J connectivity index is 1.61. The molecule has 3 rings (SSSR count). The second-order valence-electron chi connectivity index (χ2n) is 6.10. The zero-order chi connectivity index (χ0) is 14.8. The lowest BCUT2D eigenvalue weighted by Crippen LogP contribution is -2.13. The molecule has 0 radical (unpaired) electrons. The van der Waals surface area contributed by atoms with Gasteiger partial charge in [-0.2, -0.15) is 0 Å². The molecule has 0 amide bonds. The largest absolute Gasteiger partial charge is 0.309 e. The van der Waals surface area contributed by atoms with E-state index >= 15 is 0 Å². The van der Waals surface area contributed by atoms with Crippen LogP contribution in [0, 0.1) is 19.7 Å². The number of hydrogen-bond donors (Lipinski definition) is 1. The molecule has 1 aliphatic carbocycles. The van der Waals surface area contributed by atoms with Crippen molar-refractivity contribution in [2.24, 2.45) is 0 Å². The minimum absolute atomic E-state index is 0.0858. The van der Waals surface area contributed by atoms with Crippen molar-refractivity contribution in [2.75, 3.05) is 0 Å². The molecule has 0 atom stereocenters. The summed E-state index contributed by atoms with van der Waals surface area (Å²) in [4.78, 5) is 0. The van der Waals surface area contributed by atoms with Gasteiger partial charge in [-0.25, -0.2) is 4.39 Å². The number of halogens is 1. The summed E-state index contributed by atoms with van der Waals surface area (Å²) < 4.78 is 13.6. The molecule has 0 heterocycles. The van der Waals surface area contributed by atoms with Gasteiger partial charge in [-0.05, 0) is 66.5 Å². The van der Waals surface area contributed by atoms with Crippen LogP contribution in [0.2, 0.25) is 0 Å². The molecule has 2 aromatic carbocycles. The molecule has 2 aromatic rings. The maximum absolute atomic E-state index is 13.6. The van der Waals surface area contributed by atoms with Gasteiger partial charge in [0.05, 0.1) is 0 Å². The lowest BCUT2D eigenvalue weighted by atomic mass is 10.1. The highest BCUT2D eigenvalue weighted by Gasteiger charge is 2.10. The van der Waals surface area contributed by atoms with E-state index in [2.05, 4.69) is 23.5 Å². The first kappa shape index (κ1) is 14.3. The molecule has 0 saturated heterocycles. The minimum atomic E-state index is -0.0858. The van der Waals surface area contributed by atoms with Crippen molar-refractivity contribution in [3.63, 3.8) is 0 Å². The molecule has 0 saturated carbocycles. The van der Waals surface area contributed by atoms with Gasteiger partial charge in [0.1, 0.15) is 5.82 Å². The molecule has 0 unspecified atom stereocenters. The molecular weight excluding hydrogens is 261 g/mol. The van der Waals surface area contributed by atoms with Crippen LogP contribution in [0.1, 0.15) is 39.8 Å². The number of aryl methyl sites for hydroxylation is 4. The van der Waals surface area contributed by atoms with Crippen molar-refractivity contribution in [3.05, 3.63) is 69.5 Å². The van der Waals surface area contributed by atoms with Gasteiger partial charge >= 0.3 is 0 Å². The van der Waals surface area contributed by atoms with E-state index < -0.39 is 0 Å². The molecule has 21 heavy (non-hydrogen) atoms. The summed E-state index contributed by atoms with van der Waals surface area (Å²) in [5, 5.41) is 3.46. The van der Waals surface area contributed by atoms with E-state index in [4.69, 9.17) is 0 Å². The third-order valence-corrected chi connectivity index (χ3v) is 4.32. The zero-order valence-electron chi connectivity index (χ0n) is 12.8. The molecule has 0 bridgehead atoms. The molecule has 110 valence electrons. The Morgan fingerprint density at radius 3 is 2.33 bits per heavy atom. The third-order valence-electron chi connectivity index (χ3n) is 4.32. The molecule has 0 aromatic heterocycles. The summed E-state index contributed by atoms with van der Waals surface area (Å²) in [7, 11) is 0. The molecule has 0 fully saturated rings. The van der Waals surface area contributed by atoms with Crippen LogP contribution in [0.4, 0.5) is 4.39 Å². The van der Waals surface area contributed by atoms with Crippen LogP contribution in [0.3, 0.4) is 0 Å². The van der Waals surface area contributed by atoms with E-state index in [9.17, 15) is 4.39 Å². The molecule has 0 spiro atoms. The van der Waals surface area contributed by atoms with Gasteiger partial charge in [0.15, 0.2) is 0 Å². The Morgan fingerprint density at radius 1 is 0.905 bits per heavy atom. The number of fused-ring (bicyclic) bond motifs is 1. The Hall–Kier alpha value is -1.67. The smallest absolute Gasteiger partial charge is 0.129 e. The second kappa shape index (κ2) is 5.98. The fourth-order valence-electron chi connectivity index (χ4n) is 3.22. The van der Waals surface area contributed by atoms with Gasteiger partial charge in [0, 0.05) is 13.1 Å². The Labute approximate surface area is 126 Å². The first-order chi connectivity index (χ1) is 10.1. The van der Waals surface area contributed by atoms with Crippen LogP contribution in [0.15, 0.2) is 30.3 Å². The average Bonchev–Trinajstić information content (AvgIpc) is 2.92. The summed E-state index contributed by atoms with van der Waals surface area (Å²) in [6, 6.07) is 10.7. The molecule has 1 N–H and O–H groups in total. The fraction of sp³-hybridized carbons (Fsp3) is 0.368. The summed E-state index contributed by atoms with van der Waals surface area (Å²) in [5.74, 6) is -0.0858. The van der Waals surface area contributed by atoms with Gasteiger partial charge in [0.2, 0.25) is 0 Å². The first-order valence-electron chi connectivity index (χ1n) is 7.70. The van der Waals surface area contributed by atoms with E-state index in [-0.39, 0.29) is 5.82 Å². The highest BCUT2D eigenvalue weighted by atomic mass is 19.1. The van der Waals surface area contributed by atoms with Crippen molar-refractivity contribution >= 4 is 0 Å². The molecular formula is C19H22FN. The maximum Gasteiger partial charge on any atom is 0.129 e. The zero-order valence-corrected chi connectivity index (χ0v) is 12.8. The summed E-state index contributed by atoms with van der Waals surface area (Å²) in [6.07, 6.45) is 3.75. The summed E-state index contributed by atoms with van der Waals surface area (Å²) >= 11 is 0. The van der Waals surface area contributed by atoms with Crippen molar-refractivity contribution in [3.8, 4) is 0 Å². The minimum Gasteiger partial charge on any atom is -0.309 e. The van der Waals surface area contributed by atoms with Gasteiger partial charge in [-0.3, -0.25) is 0 Å². The third kappa shape index (κ3) is 3.16. The fourth-order valence-corrected chi connectivity index (χ4v) is 3.22. The van der Waals surface area contributed by atoms with Crippen LogP contribution in [-0.2, 0) is 25.9 Å². The highest BCUT2D eigenvalue weighted by molar-refractivity contribution is 5.35. The van der Waals surface area contributed by atoms with E-state index in [0.717, 1.165) is 29.8 Å². The average molecular weight is 283 g/mol. The topological polar surface area (TPSA) is 12.0 Å². The highest BCUT2D eigenvalue weighted by Crippen LogP contribution is 2.22. The monoisotopic (exact) mass is 283 g/mol. The van der Waals surface area contributed by atoms with Crippen LogP contribution in [0.5, 0.6) is 0 Å². The lowest BCUT2D eigenvalue weighted by molar-refractivity contribution is 0.606. The lowest BCUT2D eigenvalue weighted by Gasteiger charge is -2.09. The number of benzene rings is 2. The number of hydrogen-bond acceptors (Lipinski definition) is 1. The normalized spacial score (nSPS) is 13.5. The number of rotatable bonds is 4. The predicted molar refractivity (Wildman–Crippen MR) is 84.9 cm³/mol.